The van der Waals surface area contributed by atoms with Gasteiger partial charge in [0.2, 0.25) is 11.8 Å². The third-order valence-corrected chi connectivity index (χ3v) is 3.67. The molecule has 2 amide bonds. The minimum absolute atomic E-state index is 0.0125. The number of amides is 2. The molecular formula is C18H28N2O2. The summed E-state index contributed by atoms with van der Waals surface area (Å²) in [4.78, 5) is 27.8. The van der Waals surface area contributed by atoms with Gasteiger partial charge in [0.05, 0.1) is 0 Å². The Morgan fingerprint density at radius 1 is 0.955 bits per heavy atom. The zero-order chi connectivity index (χ0) is 16.5. The van der Waals surface area contributed by atoms with Crippen molar-refractivity contribution in [2.45, 2.75) is 47.0 Å². The van der Waals surface area contributed by atoms with E-state index in [1.807, 2.05) is 29.2 Å². The lowest BCUT2D eigenvalue weighted by Gasteiger charge is -2.26. The van der Waals surface area contributed by atoms with Gasteiger partial charge in [-0.3, -0.25) is 9.59 Å². The van der Waals surface area contributed by atoms with Crippen molar-refractivity contribution < 1.29 is 9.59 Å². The zero-order valence-electron chi connectivity index (χ0n) is 14.3. The Labute approximate surface area is 134 Å². The van der Waals surface area contributed by atoms with Crippen LogP contribution in [0.1, 0.15) is 46.1 Å². The third-order valence-electron chi connectivity index (χ3n) is 3.67. The van der Waals surface area contributed by atoms with Gasteiger partial charge in [0, 0.05) is 25.7 Å². The highest BCUT2D eigenvalue weighted by molar-refractivity contribution is 5.97. The lowest BCUT2D eigenvalue weighted by molar-refractivity contribution is -0.131. The number of rotatable bonds is 8. The van der Waals surface area contributed by atoms with Crippen LogP contribution in [0.3, 0.4) is 0 Å². The van der Waals surface area contributed by atoms with Crippen molar-refractivity contribution in [3.05, 3.63) is 29.8 Å². The van der Waals surface area contributed by atoms with Crippen LogP contribution in [-0.4, -0.2) is 36.3 Å². The summed E-state index contributed by atoms with van der Waals surface area (Å²) in [5.74, 6) is -0.0935. The van der Waals surface area contributed by atoms with Gasteiger partial charge in [-0.05, 0) is 37.0 Å². The normalized spacial score (nSPS) is 10.4. The Morgan fingerprint density at radius 2 is 1.50 bits per heavy atom. The van der Waals surface area contributed by atoms with Crippen molar-refractivity contribution >= 4 is 17.5 Å². The molecule has 122 valence electrons. The van der Waals surface area contributed by atoms with E-state index >= 15 is 0 Å². The number of carbonyl (C=O) groups is 2. The van der Waals surface area contributed by atoms with Crippen molar-refractivity contribution in [1.29, 1.82) is 0 Å². The summed E-state index contributed by atoms with van der Waals surface area (Å²) in [6.07, 6.45) is 2.81. The highest BCUT2D eigenvalue weighted by Crippen LogP contribution is 2.16. The molecule has 0 atom stereocenters. The number of nitrogens with zero attached hydrogens (tertiary/aromatic N) is 2. The van der Waals surface area contributed by atoms with Gasteiger partial charge in [0.25, 0.3) is 0 Å². The highest BCUT2D eigenvalue weighted by atomic mass is 16.2. The van der Waals surface area contributed by atoms with Crippen molar-refractivity contribution in [2.75, 3.05) is 24.5 Å². The summed E-state index contributed by atoms with van der Waals surface area (Å²) >= 11 is 0. The number of anilines is 1. The van der Waals surface area contributed by atoms with Crippen LogP contribution in [0.25, 0.3) is 0 Å². The SMILES string of the molecule is CCCN(CCC)C(=O)CN(C(C)=O)c1ccc(CC)cc1. The van der Waals surface area contributed by atoms with Gasteiger partial charge >= 0.3 is 0 Å². The summed E-state index contributed by atoms with van der Waals surface area (Å²) in [7, 11) is 0. The van der Waals surface area contributed by atoms with E-state index in [1.54, 1.807) is 4.90 Å². The molecule has 0 saturated carbocycles. The standard InChI is InChI=1S/C18H28N2O2/c1-5-12-19(13-6-2)18(22)14-20(15(4)21)17-10-8-16(7-3)9-11-17/h8-11H,5-7,12-14H2,1-4H3. The number of benzene rings is 1. The molecule has 1 aromatic rings. The first-order valence-electron chi connectivity index (χ1n) is 8.18. The van der Waals surface area contributed by atoms with Crippen LogP contribution in [0, 0.1) is 0 Å². The largest absolute Gasteiger partial charge is 0.341 e. The van der Waals surface area contributed by atoms with Gasteiger partial charge < -0.3 is 9.80 Å². The molecule has 1 aromatic carbocycles. The fourth-order valence-electron chi connectivity index (χ4n) is 2.43. The topological polar surface area (TPSA) is 40.6 Å². The van der Waals surface area contributed by atoms with Crippen molar-refractivity contribution in [1.82, 2.24) is 4.90 Å². The van der Waals surface area contributed by atoms with Crippen molar-refractivity contribution in [2.24, 2.45) is 0 Å². The van der Waals surface area contributed by atoms with E-state index in [4.69, 9.17) is 0 Å². The van der Waals surface area contributed by atoms with Gasteiger partial charge in [-0.15, -0.1) is 0 Å². The Hall–Kier alpha value is -1.84. The van der Waals surface area contributed by atoms with E-state index in [2.05, 4.69) is 20.8 Å². The summed E-state index contributed by atoms with van der Waals surface area (Å²) < 4.78 is 0. The van der Waals surface area contributed by atoms with Crippen LogP contribution in [0.15, 0.2) is 24.3 Å². The molecule has 0 saturated heterocycles. The quantitative estimate of drug-likeness (QED) is 0.739. The minimum Gasteiger partial charge on any atom is -0.341 e. The summed E-state index contributed by atoms with van der Waals surface area (Å²) in [5, 5.41) is 0. The molecule has 0 unspecified atom stereocenters. The Balaban J connectivity index is 2.86. The van der Waals surface area contributed by atoms with Gasteiger partial charge in [0.1, 0.15) is 6.54 Å². The van der Waals surface area contributed by atoms with E-state index in [-0.39, 0.29) is 18.4 Å². The molecule has 0 spiro atoms. The fourth-order valence-corrected chi connectivity index (χ4v) is 2.43. The predicted octanol–water partition coefficient (Wildman–Crippen LogP) is 3.25. The van der Waals surface area contributed by atoms with E-state index in [9.17, 15) is 9.59 Å². The Bertz CT molecular complexity index is 476. The molecule has 0 radical (unpaired) electrons. The summed E-state index contributed by atoms with van der Waals surface area (Å²) in [6.45, 7) is 9.31. The maximum absolute atomic E-state index is 12.5. The van der Waals surface area contributed by atoms with Crippen LogP contribution < -0.4 is 4.90 Å². The average Bonchev–Trinajstić information content (AvgIpc) is 2.52. The lowest BCUT2D eigenvalue weighted by atomic mass is 10.1. The number of hydrogen-bond acceptors (Lipinski definition) is 2. The molecule has 0 aliphatic carbocycles. The summed E-state index contributed by atoms with van der Waals surface area (Å²) in [5.41, 5.74) is 2.00. The maximum atomic E-state index is 12.5. The molecule has 0 N–H and O–H groups in total. The summed E-state index contributed by atoms with van der Waals surface area (Å²) in [6, 6.07) is 7.84. The third kappa shape index (κ3) is 5.17. The molecule has 22 heavy (non-hydrogen) atoms. The second-order valence-electron chi connectivity index (χ2n) is 5.51. The molecule has 0 aromatic heterocycles. The second-order valence-corrected chi connectivity index (χ2v) is 5.51. The van der Waals surface area contributed by atoms with E-state index in [0.29, 0.717) is 0 Å². The minimum atomic E-state index is -0.106. The smallest absolute Gasteiger partial charge is 0.242 e. The van der Waals surface area contributed by atoms with Crippen LogP contribution in [-0.2, 0) is 16.0 Å². The van der Waals surface area contributed by atoms with Gasteiger partial charge in [-0.25, -0.2) is 0 Å². The van der Waals surface area contributed by atoms with E-state index in [1.165, 1.54) is 12.5 Å². The monoisotopic (exact) mass is 304 g/mol. The van der Waals surface area contributed by atoms with Gasteiger partial charge in [0.15, 0.2) is 0 Å². The Kier molecular flexibility index (Phi) is 7.64. The number of hydrogen-bond donors (Lipinski definition) is 0. The van der Waals surface area contributed by atoms with Crippen LogP contribution >= 0.6 is 0 Å². The molecule has 4 heteroatoms. The fraction of sp³-hybridized carbons (Fsp3) is 0.556. The first kappa shape index (κ1) is 18.2. The molecular weight excluding hydrogens is 276 g/mol. The van der Waals surface area contributed by atoms with Crippen molar-refractivity contribution in [3.63, 3.8) is 0 Å². The Morgan fingerprint density at radius 3 is 1.91 bits per heavy atom. The molecule has 0 aliphatic heterocycles. The average molecular weight is 304 g/mol. The van der Waals surface area contributed by atoms with E-state index < -0.39 is 0 Å². The molecule has 0 fully saturated rings. The molecule has 0 bridgehead atoms. The van der Waals surface area contributed by atoms with Crippen LogP contribution in [0.4, 0.5) is 5.69 Å². The van der Waals surface area contributed by atoms with Crippen LogP contribution in [0.5, 0.6) is 0 Å². The van der Waals surface area contributed by atoms with Gasteiger partial charge in [-0.1, -0.05) is 32.9 Å². The maximum Gasteiger partial charge on any atom is 0.242 e. The highest BCUT2D eigenvalue weighted by Gasteiger charge is 2.19. The van der Waals surface area contributed by atoms with Crippen molar-refractivity contribution in [3.8, 4) is 0 Å². The first-order valence-corrected chi connectivity index (χ1v) is 8.18. The lowest BCUT2D eigenvalue weighted by Crippen LogP contribution is -2.43. The number of aryl methyl sites for hydroxylation is 1. The van der Waals surface area contributed by atoms with Crippen LogP contribution in [0.2, 0.25) is 0 Å². The second kappa shape index (κ2) is 9.23. The van der Waals surface area contributed by atoms with Gasteiger partial charge in [-0.2, -0.15) is 0 Å². The molecule has 1 rings (SSSR count). The first-order chi connectivity index (χ1) is 10.5. The molecule has 4 nitrogen and oxygen atoms in total. The molecule has 0 aliphatic rings. The number of carbonyl (C=O) groups excluding carboxylic acids is 2. The zero-order valence-corrected chi connectivity index (χ0v) is 14.3. The molecule has 0 heterocycles. The predicted molar refractivity (Wildman–Crippen MR) is 91.0 cm³/mol. The van der Waals surface area contributed by atoms with E-state index in [0.717, 1.165) is 38.0 Å².